The first-order valence-electron chi connectivity index (χ1n) is 7.58. The van der Waals surface area contributed by atoms with E-state index in [1.165, 1.54) is 12.8 Å². The highest BCUT2D eigenvalue weighted by Crippen LogP contribution is 2.32. The molecule has 20 heavy (non-hydrogen) atoms. The summed E-state index contributed by atoms with van der Waals surface area (Å²) in [4.78, 5) is 9.39. The summed E-state index contributed by atoms with van der Waals surface area (Å²) in [7, 11) is 0. The lowest BCUT2D eigenvalue weighted by Gasteiger charge is -2.24. The Morgan fingerprint density at radius 3 is 3.10 bits per heavy atom. The molecule has 2 unspecified atom stereocenters. The van der Waals surface area contributed by atoms with E-state index in [4.69, 9.17) is 9.72 Å². The Kier molecular flexibility index (Phi) is 3.16. The molecule has 0 saturated carbocycles. The molecule has 0 spiro atoms. The minimum absolute atomic E-state index is 0.138. The molecular weight excluding hydrogens is 252 g/mol. The third-order valence-corrected chi connectivity index (χ3v) is 4.34. The predicted octanol–water partition coefficient (Wildman–Crippen LogP) is 2.21. The number of imidazole rings is 1. The van der Waals surface area contributed by atoms with Gasteiger partial charge in [-0.2, -0.15) is 0 Å². The van der Waals surface area contributed by atoms with Crippen LogP contribution in [-0.2, 0) is 4.74 Å². The lowest BCUT2D eigenvalue weighted by molar-refractivity contribution is 0.00696. The van der Waals surface area contributed by atoms with Crippen molar-refractivity contribution in [1.82, 2.24) is 19.9 Å². The Morgan fingerprint density at radius 2 is 2.30 bits per heavy atom. The number of rotatable bonds is 2. The number of aromatic nitrogens is 3. The van der Waals surface area contributed by atoms with Crippen LogP contribution in [0.15, 0.2) is 18.3 Å². The number of nitrogens with zero attached hydrogens (tertiary/aromatic N) is 3. The average molecular weight is 272 g/mol. The van der Waals surface area contributed by atoms with Gasteiger partial charge in [0.05, 0.1) is 6.04 Å². The standard InChI is InChI=1S/C15H20N4O/c1-2-9-20-13(5-1)15-18-12-4-3-7-17-14(12)19(15)11-6-8-16-10-11/h3-4,7,11,13,16H,1-2,5-6,8-10H2. The van der Waals surface area contributed by atoms with E-state index in [0.717, 1.165) is 49.5 Å². The topological polar surface area (TPSA) is 52.0 Å². The van der Waals surface area contributed by atoms with E-state index in [-0.39, 0.29) is 6.10 Å². The lowest BCUT2D eigenvalue weighted by Crippen LogP contribution is -2.21. The molecule has 2 fully saturated rings. The van der Waals surface area contributed by atoms with Crippen molar-refractivity contribution in [3.8, 4) is 0 Å². The molecule has 2 atom stereocenters. The van der Waals surface area contributed by atoms with Crippen molar-refractivity contribution in [1.29, 1.82) is 0 Å². The van der Waals surface area contributed by atoms with Crippen molar-refractivity contribution in [2.24, 2.45) is 0 Å². The van der Waals surface area contributed by atoms with Crippen LogP contribution in [-0.4, -0.2) is 34.2 Å². The van der Waals surface area contributed by atoms with Gasteiger partial charge in [0.25, 0.3) is 0 Å². The van der Waals surface area contributed by atoms with Gasteiger partial charge in [0.2, 0.25) is 0 Å². The van der Waals surface area contributed by atoms with Gasteiger partial charge in [-0.3, -0.25) is 0 Å². The third kappa shape index (κ3) is 2.01. The van der Waals surface area contributed by atoms with E-state index in [9.17, 15) is 0 Å². The highest BCUT2D eigenvalue weighted by molar-refractivity contribution is 5.71. The van der Waals surface area contributed by atoms with Crippen molar-refractivity contribution < 1.29 is 4.74 Å². The molecule has 2 aromatic rings. The molecule has 4 heterocycles. The normalized spacial score (nSPS) is 27.2. The van der Waals surface area contributed by atoms with Crippen molar-refractivity contribution in [3.05, 3.63) is 24.2 Å². The molecule has 106 valence electrons. The van der Waals surface area contributed by atoms with E-state index in [0.29, 0.717) is 6.04 Å². The maximum Gasteiger partial charge on any atom is 0.160 e. The Morgan fingerprint density at radius 1 is 1.30 bits per heavy atom. The Hall–Kier alpha value is -1.46. The van der Waals surface area contributed by atoms with Crippen molar-refractivity contribution in [2.45, 2.75) is 37.8 Å². The zero-order valence-corrected chi connectivity index (χ0v) is 11.6. The van der Waals surface area contributed by atoms with E-state index >= 15 is 0 Å². The van der Waals surface area contributed by atoms with Crippen LogP contribution in [0, 0.1) is 0 Å². The van der Waals surface area contributed by atoms with Crippen molar-refractivity contribution in [3.63, 3.8) is 0 Å². The molecule has 0 bridgehead atoms. The largest absolute Gasteiger partial charge is 0.370 e. The Labute approximate surface area is 118 Å². The fourth-order valence-electron chi connectivity index (χ4n) is 3.34. The van der Waals surface area contributed by atoms with Gasteiger partial charge in [-0.25, -0.2) is 9.97 Å². The maximum absolute atomic E-state index is 5.96. The number of ether oxygens (including phenoxy) is 1. The number of hydrogen-bond acceptors (Lipinski definition) is 4. The van der Waals surface area contributed by atoms with E-state index in [1.807, 2.05) is 18.3 Å². The predicted molar refractivity (Wildman–Crippen MR) is 76.6 cm³/mol. The van der Waals surface area contributed by atoms with Gasteiger partial charge in [0.1, 0.15) is 17.4 Å². The highest BCUT2D eigenvalue weighted by atomic mass is 16.5. The Balaban J connectivity index is 1.82. The maximum atomic E-state index is 5.96. The molecule has 5 nitrogen and oxygen atoms in total. The number of fused-ring (bicyclic) bond motifs is 1. The fraction of sp³-hybridized carbons (Fsp3) is 0.600. The second-order valence-electron chi connectivity index (χ2n) is 5.69. The zero-order chi connectivity index (χ0) is 13.4. The summed E-state index contributed by atoms with van der Waals surface area (Å²) < 4.78 is 8.29. The van der Waals surface area contributed by atoms with Crippen LogP contribution in [0.1, 0.15) is 43.7 Å². The first kappa shape index (κ1) is 12.3. The van der Waals surface area contributed by atoms with Crippen LogP contribution >= 0.6 is 0 Å². The minimum atomic E-state index is 0.138. The van der Waals surface area contributed by atoms with E-state index < -0.39 is 0 Å². The van der Waals surface area contributed by atoms with Gasteiger partial charge in [0, 0.05) is 19.3 Å². The van der Waals surface area contributed by atoms with Crippen LogP contribution in [0.25, 0.3) is 11.2 Å². The summed E-state index contributed by atoms with van der Waals surface area (Å²) in [5.41, 5.74) is 1.99. The van der Waals surface area contributed by atoms with Gasteiger partial charge in [-0.05, 0) is 44.4 Å². The lowest BCUT2D eigenvalue weighted by atomic mass is 10.1. The smallest absolute Gasteiger partial charge is 0.160 e. The fourth-order valence-corrected chi connectivity index (χ4v) is 3.34. The first-order valence-corrected chi connectivity index (χ1v) is 7.58. The molecule has 2 saturated heterocycles. The van der Waals surface area contributed by atoms with Gasteiger partial charge in [-0.1, -0.05) is 0 Å². The molecule has 0 aromatic carbocycles. The molecule has 4 rings (SSSR count). The van der Waals surface area contributed by atoms with Crippen molar-refractivity contribution in [2.75, 3.05) is 19.7 Å². The van der Waals surface area contributed by atoms with Crippen LogP contribution in [0.2, 0.25) is 0 Å². The van der Waals surface area contributed by atoms with Crippen molar-refractivity contribution >= 4 is 11.2 Å². The van der Waals surface area contributed by atoms with Gasteiger partial charge >= 0.3 is 0 Å². The first-order chi connectivity index (χ1) is 9.93. The van der Waals surface area contributed by atoms with Crippen LogP contribution in [0.5, 0.6) is 0 Å². The summed E-state index contributed by atoms with van der Waals surface area (Å²) in [6.07, 6.45) is 6.60. The third-order valence-electron chi connectivity index (χ3n) is 4.34. The molecule has 0 amide bonds. The van der Waals surface area contributed by atoms with Crippen LogP contribution in [0.3, 0.4) is 0 Å². The average Bonchev–Trinajstić information content (AvgIpc) is 3.14. The SMILES string of the molecule is c1cnc2c(c1)nc(C1CCCCO1)n2C1CCNC1. The van der Waals surface area contributed by atoms with Gasteiger partial charge in [-0.15, -0.1) is 0 Å². The van der Waals surface area contributed by atoms with Crippen LogP contribution < -0.4 is 5.32 Å². The molecule has 2 aromatic heterocycles. The molecule has 1 N–H and O–H groups in total. The molecule has 2 aliphatic rings. The minimum Gasteiger partial charge on any atom is -0.370 e. The molecule has 5 heteroatoms. The summed E-state index contributed by atoms with van der Waals surface area (Å²) in [5, 5.41) is 3.44. The summed E-state index contributed by atoms with van der Waals surface area (Å²) >= 11 is 0. The second-order valence-corrected chi connectivity index (χ2v) is 5.69. The molecular formula is C15H20N4O. The zero-order valence-electron chi connectivity index (χ0n) is 11.6. The summed E-state index contributed by atoms with van der Waals surface area (Å²) in [5.74, 6) is 1.08. The number of nitrogens with one attached hydrogen (secondary N) is 1. The van der Waals surface area contributed by atoms with Gasteiger partial charge < -0.3 is 14.6 Å². The number of pyridine rings is 1. The van der Waals surface area contributed by atoms with Crippen LogP contribution in [0.4, 0.5) is 0 Å². The monoisotopic (exact) mass is 272 g/mol. The molecule has 2 aliphatic heterocycles. The quantitative estimate of drug-likeness (QED) is 0.910. The van der Waals surface area contributed by atoms with E-state index in [2.05, 4.69) is 14.9 Å². The molecule has 0 aliphatic carbocycles. The highest BCUT2D eigenvalue weighted by Gasteiger charge is 2.28. The van der Waals surface area contributed by atoms with E-state index in [1.54, 1.807) is 0 Å². The summed E-state index contributed by atoms with van der Waals surface area (Å²) in [6, 6.07) is 4.46. The second kappa shape index (κ2) is 5.14. The molecule has 0 radical (unpaired) electrons. The number of hydrogen-bond donors (Lipinski definition) is 1. The van der Waals surface area contributed by atoms with Gasteiger partial charge in [0.15, 0.2) is 5.65 Å². The Bertz CT molecular complexity index is 597. The summed E-state index contributed by atoms with van der Waals surface area (Å²) in [6.45, 7) is 2.92.